The van der Waals surface area contributed by atoms with Crippen LogP contribution in [0.3, 0.4) is 0 Å². The molecule has 2 aromatic rings. The first-order valence-corrected chi connectivity index (χ1v) is 6.86. The van der Waals surface area contributed by atoms with Gasteiger partial charge in [-0.05, 0) is 31.0 Å². The minimum atomic E-state index is 0.587. The quantitative estimate of drug-likeness (QED) is 0.892. The van der Waals surface area contributed by atoms with E-state index >= 15 is 0 Å². The van der Waals surface area contributed by atoms with Gasteiger partial charge in [0.05, 0.1) is 5.69 Å². The van der Waals surface area contributed by atoms with E-state index in [0.29, 0.717) is 5.92 Å². The lowest BCUT2D eigenvalue weighted by Gasteiger charge is -2.11. The molecule has 0 aliphatic carbocycles. The second kappa shape index (κ2) is 6.02. The third-order valence-corrected chi connectivity index (χ3v) is 3.48. The molecule has 1 aromatic heterocycles. The molecule has 1 aromatic carbocycles. The molecule has 0 atom stereocenters. The van der Waals surface area contributed by atoms with Crippen LogP contribution < -0.4 is 5.32 Å². The maximum atomic E-state index is 4.40. The van der Waals surface area contributed by atoms with Gasteiger partial charge >= 0.3 is 0 Å². The van der Waals surface area contributed by atoms with Crippen LogP contribution in [0.15, 0.2) is 30.5 Å². The Morgan fingerprint density at radius 3 is 2.47 bits per heavy atom. The smallest absolute Gasteiger partial charge is 0.106 e. The highest BCUT2D eigenvalue weighted by molar-refractivity contribution is 5.25. The lowest BCUT2D eigenvalue weighted by atomic mass is 10.0. The molecule has 0 aliphatic rings. The van der Waals surface area contributed by atoms with Crippen molar-refractivity contribution in [3.63, 3.8) is 0 Å². The molecule has 0 saturated heterocycles. The Bertz CT molecular complexity index is 523. The SMILES string of the molecule is CNCc1cnc(C)n1Cc1ccc(C(C)C)cc1. The van der Waals surface area contributed by atoms with Crippen molar-refractivity contribution in [2.75, 3.05) is 7.05 Å². The summed E-state index contributed by atoms with van der Waals surface area (Å²) in [5, 5.41) is 3.19. The molecular weight excluding hydrogens is 234 g/mol. The van der Waals surface area contributed by atoms with Crippen LogP contribution >= 0.6 is 0 Å². The Kier molecular flexibility index (Phi) is 4.38. The van der Waals surface area contributed by atoms with E-state index in [0.717, 1.165) is 18.9 Å². The van der Waals surface area contributed by atoms with Crippen molar-refractivity contribution in [2.24, 2.45) is 0 Å². The molecule has 0 spiro atoms. The zero-order chi connectivity index (χ0) is 13.8. The van der Waals surface area contributed by atoms with E-state index in [4.69, 9.17) is 0 Å². The van der Waals surface area contributed by atoms with Gasteiger partial charge in [0.1, 0.15) is 5.82 Å². The number of aryl methyl sites for hydroxylation is 1. The number of rotatable bonds is 5. The molecule has 0 bridgehead atoms. The summed E-state index contributed by atoms with van der Waals surface area (Å²) < 4.78 is 2.26. The van der Waals surface area contributed by atoms with Gasteiger partial charge in [0.2, 0.25) is 0 Å². The molecule has 3 nitrogen and oxygen atoms in total. The molecule has 0 unspecified atom stereocenters. The highest BCUT2D eigenvalue weighted by Gasteiger charge is 2.07. The first-order chi connectivity index (χ1) is 9.11. The molecule has 0 saturated carbocycles. The first-order valence-electron chi connectivity index (χ1n) is 6.86. The van der Waals surface area contributed by atoms with Crippen molar-refractivity contribution in [3.8, 4) is 0 Å². The fourth-order valence-corrected chi connectivity index (χ4v) is 2.24. The van der Waals surface area contributed by atoms with E-state index in [9.17, 15) is 0 Å². The fourth-order valence-electron chi connectivity index (χ4n) is 2.24. The van der Waals surface area contributed by atoms with Gasteiger partial charge in [-0.15, -0.1) is 0 Å². The van der Waals surface area contributed by atoms with Crippen molar-refractivity contribution in [1.82, 2.24) is 14.9 Å². The molecular formula is C16H23N3. The van der Waals surface area contributed by atoms with Gasteiger partial charge in [-0.2, -0.15) is 0 Å². The Morgan fingerprint density at radius 2 is 1.89 bits per heavy atom. The van der Waals surface area contributed by atoms with Crippen LogP contribution in [0.5, 0.6) is 0 Å². The van der Waals surface area contributed by atoms with Gasteiger partial charge in [-0.1, -0.05) is 38.1 Å². The molecule has 2 rings (SSSR count). The third-order valence-electron chi connectivity index (χ3n) is 3.48. The van der Waals surface area contributed by atoms with E-state index in [1.54, 1.807) is 0 Å². The molecule has 1 heterocycles. The van der Waals surface area contributed by atoms with Gasteiger partial charge in [0, 0.05) is 19.3 Å². The minimum absolute atomic E-state index is 0.587. The van der Waals surface area contributed by atoms with Crippen LogP contribution in [-0.2, 0) is 13.1 Å². The standard InChI is InChI=1S/C16H23N3/c1-12(2)15-7-5-14(6-8-15)11-19-13(3)18-10-16(19)9-17-4/h5-8,10,12,17H,9,11H2,1-4H3. The Balaban J connectivity index is 2.18. The number of nitrogens with one attached hydrogen (secondary N) is 1. The van der Waals surface area contributed by atoms with Crippen LogP contribution in [0.25, 0.3) is 0 Å². The molecule has 0 amide bonds. The highest BCUT2D eigenvalue weighted by Crippen LogP contribution is 2.16. The normalized spacial score (nSPS) is 11.2. The second-order valence-corrected chi connectivity index (χ2v) is 5.31. The largest absolute Gasteiger partial charge is 0.327 e. The number of aromatic nitrogens is 2. The maximum Gasteiger partial charge on any atom is 0.106 e. The van der Waals surface area contributed by atoms with E-state index in [1.165, 1.54) is 16.8 Å². The highest BCUT2D eigenvalue weighted by atomic mass is 15.1. The second-order valence-electron chi connectivity index (χ2n) is 5.31. The number of hydrogen-bond acceptors (Lipinski definition) is 2. The van der Waals surface area contributed by atoms with Gasteiger partial charge < -0.3 is 9.88 Å². The van der Waals surface area contributed by atoms with Crippen LogP contribution in [-0.4, -0.2) is 16.6 Å². The lowest BCUT2D eigenvalue weighted by molar-refractivity contribution is 0.675. The van der Waals surface area contributed by atoms with E-state index < -0.39 is 0 Å². The summed E-state index contributed by atoms with van der Waals surface area (Å²) in [7, 11) is 1.96. The average molecular weight is 257 g/mol. The van der Waals surface area contributed by atoms with Crippen molar-refractivity contribution in [1.29, 1.82) is 0 Å². The zero-order valence-corrected chi connectivity index (χ0v) is 12.3. The lowest BCUT2D eigenvalue weighted by Crippen LogP contribution is -2.13. The average Bonchev–Trinajstić information content (AvgIpc) is 2.73. The summed E-state index contributed by atoms with van der Waals surface area (Å²) in [5.74, 6) is 1.65. The van der Waals surface area contributed by atoms with Crippen molar-refractivity contribution in [3.05, 3.63) is 53.1 Å². The maximum absolute atomic E-state index is 4.40. The van der Waals surface area contributed by atoms with Crippen LogP contribution in [0.2, 0.25) is 0 Å². The molecule has 1 N–H and O–H groups in total. The minimum Gasteiger partial charge on any atom is -0.327 e. The fraction of sp³-hybridized carbons (Fsp3) is 0.438. The topological polar surface area (TPSA) is 29.9 Å². The monoisotopic (exact) mass is 257 g/mol. The summed E-state index contributed by atoms with van der Waals surface area (Å²) in [6.07, 6.45) is 1.95. The van der Waals surface area contributed by atoms with Crippen molar-refractivity contribution >= 4 is 0 Å². The van der Waals surface area contributed by atoms with E-state index in [2.05, 4.69) is 59.9 Å². The van der Waals surface area contributed by atoms with Crippen LogP contribution in [0.4, 0.5) is 0 Å². The van der Waals surface area contributed by atoms with Crippen molar-refractivity contribution < 1.29 is 0 Å². The third kappa shape index (κ3) is 3.24. The summed E-state index contributed by atoms with van der Waals surface area (Å²) in [5.41, 5.74) is 3.94. The van der Waals surface area contributed by atoms with Gasteiger partial charge in [-0.25, -0.2) is 4.98 Å². The predicted molar refractivity (Wildman–Crippen MR) is 79.4 cm³/mol. The van der Waals surface area contributed by atoms with Crippen LogP contribution in [0, 0.1) is 6.92 Å². The summed E-state index contributed by atoms with van der Waals surface area (Å²) >= 11 is 0. The Labute approximate surface area is 115 Å². The Hall–Kier alpha value is -1.61. The molecule has 19 heavy (non-hydrogen) atoms. The Morgan fingerprint density at radius 1 is 1.21 bits per heavy atom. The summed E-state index contributed by atoms with van der Waals surface area (Å²) in [4.78, 5) is 4.40. The number of imidazole rings is 1. The molecule has 0 radical (unpaired) electrons. The summed E-state index contributed by atoms with van der Waals surface area (Å²) in [6, 6.07) is 8.89. The summed E-state index contributed by atoms with van der Waals surface area (Å²) in [6.45, 7) is 8.24. The zero-order valence-electron chi connectivity index (χ0n) is 12.3. The molecule has 0 aliphatic heterocycles. The van der Waals surface area contributed by atoms with Crippen molar-refractivity contribution in [2.45, 2.75) is 39.8 Å². The molecule has 3 heteroatoms. The predicted octanol–water partition coefficient (Wildman–Crippen LogP) is 3.08. The van der Waals surface area contributed by atoms with E-state index in [1.807, 2.05) is 13.2 Å². The number of nitrogens with zero attached hydrogens (tertiary/aromatic N) is 2. The molecule has 0 fully saturated rings. The van der Waals surface area contributed by atoms with Gasteiger partial charge in [0.25, 0.3) is 0 Å². The number of benzene rings is 1. The van der Waals surface area contributed by atoms with Crippen LogP contribution in [0.1, 0.15) is 42.4 Å². The van der Waals surface area contributed by atoms with Gasteiger partial charge in [-0.3, -0.25) is 0 Å². The van der Waals surface area contributed by atoms with Gasteiger partial charge in [0.15, 0.2) is 0 Å². The number of hydrogen-bond donors (Lipinski definition) is 1. The first kappa shape index (κ1) is 13.8. The molecule has 102 valence electrons. The van der Waals surface area contributed by atoms with E-state index in [-0.39, 0.29) is 0 Å².